The molecular weight excluding hydrogens is 143 g/mol. The molecule has 1 aromatic rings. The first-order chi connectivity index (χ1) is 5.02. The molecule has 0 spiro atoms. The summed E-state index contributed by atoms with van der Waals surface area (Å²) < 4.78 is 12.9. The fourth-order valence-corrected chi connectivity index (χ4v) is 0.824. The van der Waals surface area contributed by atoms with Gasteiger partial charge in [-0.3, -0.25) is 4.98 Å². The van der Waals surface area contributed by atoms with Gasteiger partial charge in [-0.05, 0) is 0 Å². The van der Waals surface area contributed by atoms with Crippen LogP contribution in [0.15, 0.2) is 12.4 Å². The summed E-state index contributed by atoms with van der Waals surface area (Å²) in [6.07, 6.45) is 2.86. The summed E-state index contributed by atoms with van der Waals surface area (Å²) >= 11 is 0. The van der Waals surface area contributed by atoms with Gasteiger partial charge in [0, 0.05) is 17.8 Å². The standard InChI is InChI=1S/C8H11FN2/c1-8(2,3)6-7(9)11-5-4-10-6/h4-5H,1-3H3. The molecule has 0 aromatic carbocycles. The summed E-state index contributed by atoms with van der Waals surface area (Å²) in [7, 11) is 0. The minimum absolute atomic E-state index is 0.266. The Labute approximate surface area is 65.5 Å². The molecule has 0 amide bonds. The van der Waals surface area contributed by atoms with Crippen LogP contribution in [0.2, 0.25) is 0 Å². The summed E-state index contributed by atoms with van der Waals surface area (Å²) in [5.41, 5.74) is 0.151. The maximum absolute atomic E-state index is 12.9. The molecular formula is C8H11FN2. The maximum Gasteiger partial charge on any atom is 0.235 e. The number of hydrogen-bond donors (Lipinski definition) is 0. The molecule has 3 heteroatoms. The van der Waals surface area contributed by atoms with Crippen LogP contribution in [0.3, 0.4) is 0 Å². The second kappa shape index (κ2) is 2.57. The summed E-state index contributed by atoms with van der Waals surface area (Å²) in [5.74, 6) is -0.472. The minimum Gasteiger partial charge on any atom is -0.254 e. The van der Waals surface area contributed by atoms with Crippen LogP contribution < -0.4 is 0 Å². The monoisotopic (exact) mass is 154 g/mol. The Morgan fingerprint density at radius 1 is 1.18 bits per heavy atom. The molecule has 0 aliphatic heterocycles. The van der Waals surface area contributed by atoms with Gasteiger partial charge in [-0.15, -0.1) is 0 Å². The number of aromatic nitrogens is 2. The fraction of sp³-hybridized carbons (Fsp3) is 0.500. The highest BCUT2D eigenvalue weighted by molar-refractivity contribution is 5.09. The van der Waals surface area contributed by atoms with E-state index in [1.54, 1.807) is 0 Å². The molecule has 11 heavy (non-hydrogen) atoms. The van der Waals surface area contributed by atoms with Gasteiger partial charge < -0.3 is 0 Å². The van der Waals surface area contributed by atoms with Crippen LogP contribution in [0.5, 0.6) is 0 Å². The van der Waals surface area contributed by atoms with Crippen molar-refractivity contribution in [2.45, 2.75) is 26.2 Å². The normalized spacial score (nSPS) is 11.6. The van der Waals surface area contributed by atoms with Crippen molar-refractivity contribution in [3.63, 3.8) is 0 Å². The Bertz CT molecular complexity index is 253. The first kappa shape index (κ1) is 8.11. The number of halogens is 1. The average molecular weight is 154 g/mol. The third-order valence-electron chi connectivity index (χ3n) is 1.36. The SMILES string of the molecule is CC(C)(C)c1nccnc1F. The van der Waals surface area contributed by atoms with Crippen LogP contribution in [-0.2, 0) is 5.41 Å². The zero-order valence-corrected chi connectivity index (χ0v) is 6.93. The molecule has 1 heterocycles. The lowest BCUT2D eigenvalue weighted by Crippen LogP contribution is -2.16. The van der Waals surface area contributed by atoms with Crippen molar-refractivity contribution < 1.29 is 4.39 Å². The predicted molar refractivity (Wildman–Crippen MR) is 40.7 cm³/mol. The summed E-state index contributed by atoms with van der Waals surface area (Å²) in [6.45, 7) is 5.71. The highest BCUT2D eigenvalue weighted by Gasteiger charge is 2.19. The number of hydrogen-bond acceptors (Lipinski definition) is 2. The zero-order chi connectivity index (χ0) is 8.48. The highest BCUT2D eigenvalue weighted by atomic mass is 19.1. The zero-order valence-electron chi connectivity index (χ0n) is 6.93. The van der Waals surface area contributed by atoms with Crippen molar-refractivity contribution in [1.29, 1.82) is 0 Å². The first-order valence-corrected chi connectivity index (χ1v) is 3.49. The van der Waals surface area contributed by atoms with Crippen LogP contribution in [0, 0.1) is 5.95 Å². The molecule has 0 bridgehead atoms. The van der Waals surface area contributed by atoms with E-state index in [2.05, 4.69) is 9.97 Å². The minimum atomic E-state index is -0.472. The second-order valence-electron chi connectivity index (χ2n) is 3.45. The van der Waals surface area contributed by atoms with E-state index in [4.69, 9.17) is 0 Å². The lowest BCUT2D eigenvalue weighted by molar-refractivity contribution is 0.480. The van der Waals surface area contributed by atoms with Gasteiger partial charge in [0.1, 0.15) is 5.69 Å². The first-order valence-electron chi connectivity index (χ1n) is 3.49. The molecule has 2 nitrogen and oxygen atoms in total. The van der Waals surface area contributed by atoms with E-state index in [-0.39, 0.29) is 5.41 Å². The third kappa shape index (κ3) is 1.73. The number of rotatable bonds is 0. The lowest BCUT2D eigenvalue weighted by atomic mass is 9.92. The van der Waals surface area contributed by atoms with E-state index in [1.807, 2.05) is 20.8 Å². The van der Waals surface area contributed by atoms with Crippen LogP contribution in [0.1, 0.15) is 26.5 Å². The molecule has 0 radical (unpaired) electrons. The third-order valence-corrected chi connectivity index (χ3v) is 1.36. The largest absolute Gasteiger partial charge is 0.254 e. The van der Waals surface area contributed by atoms with Crippen molar-refractivity contribution in [1.82, 2.24) is 9.97 Å². The summed E-state index contributed by atoms with van der Waals surface area (Å²) in [5, 5.41) is 0. The molecule has 0 aliphatic carbocycles. The predicted octanol–water partition coefficient (Wildman–Crippen LogP) is 1.91. The Morgan fingerprint density at radius 3 is 2.09 bits per heavy atom. The van der Waals surface area contributed by atoms with Gasteiger partial charge in [-0.25, -0.2) is 4.98 Å². The van der Waals surface area contributed by atoms with E-state index in [1.165, 1.54) is 12.4 Å². The quantitative estimate of drug-likeness (QED) is 0.570. The Hall–Kier alpha value is -0.990. The van der Waals surface area contributed by atoms with Crippen LogP contribution >= 0.6 is 0 Å². The average Bonchev–Trinajstić information content (AvgIpc) is 1.86. The Balaban J connectivity index is 3.14. The fourth-order valence-electron chi connectivity index (χ4n) is 0.824. The van der Waals surface area contributed by atoms with Gasteiger partial charge in [0.05, 0.1) is 0 Å². The smallest absolute Gasteiger partial charge is 0.235 e. The number of nitrogens with zero attached hydrogens (tertiary/aromatic N) is 2. The molecule has 0 saturated heterocycles. The van der Waals surface area contributed by atoms with Gasteiger partial charge in [0.2, 0.25) is 5.95 Å². The van der Waals surface area contributed by atoms with Crippen molar-refractivity contribution in [3.05, 3.63) is 24.0 Å². The van der Waals surface area contributed by atoms with Gasteiger partial charge in [-0.1, -0.05) is 20.8 Å². The topological polar surface area (TPSA) is 25.8 Å². The summed E-state index contributed by atoms with van der Waals surface area (Å²) in [6, 6.07) is 0. The van der Waals surface area contributed by atoms with Crippen LogP contribution in [0.25, 0.3) is 0 Å². The molecule has 0 atom stereocenters. The molecule has 0 saturated carbocycles. The van der Waals surface area contributed by atoms with E-state index in [9.17, 15) is 4.39 Å². The molecule has 0 N–H and O–H groups in total. The van der Waals surface area contributed by atoms with Crippen molar-refractivity contribution in [3.8, 4) is 0 Å². The van der Waals surface area contributed by atoms with Crippen LogP contribution in [0.4, 0.5) is 4.39 Å². The maximum atomic E-state index is 12.9. The molecule has 60 valence electrons. The highest BCUT2D eigenvalue weighted by Crippen LogP contribution is 2.20. The van der Waals surface area contributed by atoms with Crippen molar-refractivity contribution in [2.24, 2.45) is 0 Å². The molecule has 0 unspecified atom stereocenters. The molecule has 0 aliphatic rings. The van der Waals surface area contributed by atoms with Crippen molar-refractivity contribution >= 4 is 0 Å². The second-order valence-corrected chi connectivity index (χ2v) is 3.45. The van der Waals surface area contributed by atoms with E-state index in [0.717, 1.165) is 0 Å². The van der Waals surface area contributed by atoms with E-state index >= 15 is 0 Å². The molecule has 1 aromatic heterocycles. The molecule has 1 rings (SSSR count). The molecule has 0 fully saturated rings. The lowest BCUT2D eigenvalue weighted by Gasteiger charge is -2.16. The Morgan fingerprint density at radius 2 is 1.73 bits per heavy atom. The van der Waals surface area contributed by atoms with E-state index < -0.39 is 5.95 Å². The van der Waals surface area contributed by atoms with Gasteiger partial charge in [0.25, 0.3) is 0 Å². The summed E-state index contributed by atoms with van der Waals surface area (Å²) in [4.78, 5) is 7.43. The van der Waals surface area contributed by atoms with Gasteiger partial charge >= 0.3 is 0 Å². The van der Waals surface area contributed by atoms with Gasteiger partial charge in [0.15, 0.2) is 0 Å². The van der Waals surface area contributed by atoms with Crippen LogP contribution in [-0.4, -0.2) is 9.97 Å². The van der Waals surface area contributed by atoms with Crippen molar-refractivity contribution in [2.75, 3.05) is 0 Å². The van der Waals surface area contributed by atoms with E-state index in [0.29, 0.717) is 5.69 Å². The van der Waals surface area contributed by atoms with Gasteiger partial charge in [-0.2, -0.15) is 4.39 Å². The Kier molecular flexibility index (Phi) is 1.89.